The van der Waals surface area contributed by atoms with Gasteiger partial charge in [0.15, 0.2) is 18.1 Å². The molecule has 178 valence electrons. The van der Waals surface area contributed by atoms with E-state index in [9.17, 15) is 19.2 Å². The number of carbonyl (C=O) groups excluding carboxylic acids is 1. The quantitative estimate of drug-likeness (QED) is 0.438. The number of likely N-dealkylation sites (N-methyl/N-ethyl adjacent to an activating group) is 1. The molecule has 0 bridgehead atoms. The first kappa shape index (κ1) is 23.3. The van der Waals surface area contributed by atoms with Crippen LogP contribution in [0.2, 0.25) is 0 Å². The van der Waals surface area contributed by atoms with E-state index >= 15 is 0 Å². The van der Waals surface area contributed by atoms with Crippen LogP contribution < -0.4 is 26.5 Å². The van der Waals surface area contributed by atoms with E-state index in [4.69, 9.17) is 9.47 Å². The van der Waals surface area contributed by atoms with Crippen molar-refractivity contribution in [2.45, 2.75) is 0 Å². The van der Waals surface area contributed by atoms with Crippen molar-refractivity contribution in [1.82, 2.24) is 19.0 Å². The molecule has 4 rings (SSSR count). The summed E-state index contributed by atoms with van der Waals surface area (Å²) in [5.74, 6) is 0.628. The van der Waals surface area contributed by atoms with Gasteiger partial charge in [0, 0.05) is 20.2 Å². The van der Waals surface area contributed by atoms with Crippen LogP contribution in [0.15, 0.2) is 93.2 Å². The van der Waals surface area contributed by atoms with Crippen LogP contribution in [0, 0.1) is 0 Å². The molecule has 0 radical (unpaired) electrons. The predicted octanol–water partition coefficient (Wildman–Crippen LogP) is 1.94. The molecule has 0 aliphatic rings. The monoisotopic (exact) mass is 474 g/mol. The highest BCUT2D eigenvalue weighted by Crippen LogP contribution is 2.33. The molecule has 1 heterocycles. The third kappa shape index (κ3) is 5.06. The second kappa shape index (κ2) is 9.96. The van der Waals surface area contributed by atoms with Crippen molar-refractivity contribution in [3.63, 3.8) is 0 Å². The van der Waals surface area contributed by atoms with Gasteiger partial charge in [0.05, 0.1) is 11.4 Å². The number of benzene rings is 3. The van der Waals surface area contributed by atoms with Crippen molar-refractivity contribution in [3.05, 3.63) is 110 Å². The Morgan fingerprint density at radius 1 is 0.800 bits per heavy atom. The van der Waals surface area contributed by atoms with Gasteiger partial charge in [-0.1, -0.05) is 36.4 Å². The molecular formula is C25H22N4O6. The van der Waals surface area contributed by atoms with Crippen molar-refractivity contribution in [3.8, 4) is 28.6 Å². The predicted molar refractivity (Wildman–Crippen MR) is 129 cm³/mol. The lowest BCUT2D eigenvalue weighted by Gasteiger charge is -2.16. The Morgan fingerprint density at radius 3 is 2.03 bits per heavy atom. The Hall–Kier alpha value is -4.86. The highest BCUT2D eigenvalue weighted by atomic mass is 16.5. The van der Waals surface area contributed by atoms with E-state index < -0.39 is 17.1 Å². The SMILES string of the molecule is CN(C)C(=O)COc1cc(-n2c(=O)[nH]c(=O)n(-c3ccccc3)c2=O)ccc1Oc1ccccc1. The lowest BCUT2D eigenvalue weighted by molar-refractivity contribution is -0.130. The number of amides is 1. The summed E-state index contributed by atoms with van der Waals surface area (Å²) in [6.07, 6.45) is 0. The van der Waals surface area contributed by atoms with E-state index in [1.807, 2.05) is 6.07 Å². The van der Waals surface area contributed by atoms with Crippen LogP contribution in [0.3, 0.4) is 0 Å². The first-order valence-electron chi connectivity index (χ1n) is 10.6. The lowest BCUT2D eigenvalue weighted by atomic mass is 10.2. The summed E-state index contributed by atoms with van der Waals surface area (Å²) in [6.45, 7) is -0.295. The first-order chi connectivity index (χ1) is 16.8. The molecule has 1 aromatic heterocycles. The number of nitrogens with one attached hydrogen (secondary N) is 1. The van der Waals surface area contributed by atoms with Crippen LogP contribution in [0.25, 0.3) is 11.4 Å². The van der Waals surface area contributed by atoms with Gasteiger partial charge < -0.3 is 14.4 Å². The number of aromatic nitrogens is 3. The zero-order valence-electron chi connectivity index (χ0n) is 19.0. The number of nitrogens with zero attached hydrogens (tertiary/aromatic N) is 3. The maximum absolute atomic E-state index is 13.2. The second-order valence-electron chi connectivity index (χ2n) is 7.65. The normalized spacial score (nSPS) is 10.6. The Kier molecular flexibility index (Phi) is 6.63. The van der Waals surface area contributed by atoms with Gasteiger partial charge >= 0.3 is 17.1 Å². The van der Waals surface area contributed by atoms with Crippen molar-refractivity contribution < 1.29 is 14.3 Å². The zero-order chi connectivity index (χ0) is 24.9. The maximum Gasteiger partial charge on any atom is 0.345 e. The fourth-order valence-electron chi connectivity index (χ4n) is 3.23. The molecule has 1 amide bonds. The number of rotatable bonds is 7. The highest BCUT2D eigenvalue weighted by molar-refractivity contribution is 5.77. The molecule has 10 nitrogen and oxygen atoms in total. The summed E-state index contributed by atoms with van der Waals surface area (Å²) in [5, 5.41) is 0. The van der Waals surface area contributed by atoms with Crippen molar-refractivity contribution in [1.29, 1.82) is 0 Å². The van der Waals surface area contributed by atoms with E-state index in [1.54, 1.807) is 68.7 Å². The maximum atomic E-state index is 13.2. The largest absolute Gasteiger partial charge is 0.480 e. The molecule has 0 aliphatic heterocycles. The standard InChI is InChI=1S/C25H22N4O6/c1-27(2)22(30)16-34-21-15-18(13-14-20(21)35-19-11-7-4-8-12-19)29-24(32)26-23(31)28(25(29)33)17-9-5-3-6-10-17/h3-15H,16H2,1-2H3,(H,26,31,32). The Bertz CT molecular complexity index is 1520. The molecular weight excluding hydrogens is 452 g/mol. The van der Waals surface area contributed by atoms with E-state index in [-0.39, 0.29) is 29.7 Å². The minimum absolute atomic E-state index is 0.119. The summed E-state index contributed by atoms with van der Waals surface area (Å²) < 4.78 is 13.2. The fourth-order valence-corrected chi connectivity index (χ4v) is 3.23. The molecule has 1 N–H and O–H groups in total. The van der Waals surface area contributed by atoms with Crippen LogP contribution in [0.1, 0.15) is 0 Å². The van der Waals surface area contributed by atoms with Gasteiger partial charge in [0.25, 0.3) is 5.91 Å². The van der Waals surface area contributed by atoms with Crippen molar-refractivity contribution in [2.75, 3.05) is 20.7 Å². The summed E-state index contributed by atoms with van der Waals surface area (Å²) >= 11 is 0. The Morgan fingerprint density at radius 2 is 1.40 bits per heavy atom. The lowest BCUT2D eigenvalue weighted by Crippen LogP contribution is -2.48. The number of ether oxygens (including phenoxy) is 2. The molecule has 0 saturated heterocycles. The molecule has 0 saturated carbocycles. The van der Waals surface area contributed by atoms with Crippen LogP contribution in [-0.2, 0) is 4.79 Å². The topological polar surface area (TPSA) is 116 Å². The number of carbonyl (C=O) groups is 1. The molecule has 0 aliphatic carbocycles. The Balaban J connectivity index is 1.82. The van der Waals surface area contributed by atoms with Crippen LogP contribution in [0.4, 0.5) is 0 Å². The van der Waals surface area contributed by atoms with Gasteiger partial charge in [-0.05, 0) is 36.4 Å². The van der Waals surface area contributed by atoms with E-state index in [0.717, 1.165) is 9.13 Å². The fraction of sp³-hybridized carbons (Fsp3) is 0.120. The van der Waals surface area contributed by atoms with Gasteiger partial charge in [-0.2, -0.15) is 0 Å². The summed E-state index contributed by atoms with van der Waals surface area (Å²) in [6, 6.07) is 21.5. The summed E-state index contributed by atoms with van der Waals surface area (Å²) in [5.41, 5.74) is -2.23. The molecule has 0 unspecified atom stereocenters. The molecule has 0 spiro atoms. The minimum Gasteiger partial charge on any atom is -0.480 e. The first-order valence-corrected chi connectivity index (χ1v) is 10.6. The van der Waals surface area contributed by atoms with E-state index in [2.05, 4.69) is 4.98 Å². The highest BCUT2D eigenvalue weighted by Gasteiger charge is 2.17. The van der Waals surface area contributed by atoms with Crippen LogP contribution in [-0.4, -0.2) is 45.6 Å². The number of aromatic amines is 1. The summed E-state index contributed by atoms with van der Waals surface area (Å²) in [4.78, 5) is 53.9. The number of para-hydroxylation sites is 2. The van der Waals surface area contributed by atoms with Gasteiger partial charge in [0.2, 0.25) is 0 Å². The minimum atomic E-state index is -0.917. The molecule has 3 aromatic carbocycles. The zero-order valence-corrected chi connectivity index (χ0v) is 19.0. The molecule has 4 aromatic rings. The van der Waals surface area contributed by atoms with Gasteiger partial charge in [0.1, 0.15) is 5.75 Å². The third-order valence-corrected chi connectivity index (χ3v) is 5.02. The third-order valence-electron chi connectivity index (χ3n) is 5.02. The van der Waals surface area contributed by atoms with Gasteiger partial charge in [-0.25, -0.2) is 23.5 Å². The molecule has 10 heteroatoms. The van der Waals surface area contributed by atoms with Crippen molar-refractivity contribution in [2.24, 2.45) is 0 Å². The smallest absolute Gasteiger partial charge is 0.345 e. The summed E-state index contributed by atoms with van der Waals surface area (Å²) in [7, 11) is 3.19. The van der Waals surface area contributed by atoms with Crippen LogP contribution >= 0.6 is 0 Å². The molecule has 35 heavy (non-hydrogen) atoms. The number of H-pyrrole nitrogens is 1. The Labute approximate surface area is 199 Å². The molecule has 0 atom stereocenters. The van der Waals surface area contributed by atoms with E-state index in [1.165, 1.54) is 23.1 Å². The average Bonchev–Trinajstić information content (AvgIpc) is 2.84. The van der Waals surface area contributed by atoms with Crippen molar-refractivity contribution >= 4 is 5.91 Å². The van der Waals surface area contributed by atoms with Gasteiger partial charge in [-0.3, -0.25) is 9.78 Å². The van der Waals surface area contributed by atoms with Gasteiger partial charge in [-0.15, -0.1) is 0 Å². The molecule has 0 fully saturated rings. The second-order valence-corrected chi connectivity index (χ2v) is 7.65. The van der Waals surface area contributed by atoms with E-state index in [0.29, 0.717) is 11.4 Å². The number of hydrogen-bond acceptors (Lipinski definition) is 6. The van der Waals surface area contributed by atoms with Crippen LogP contribution in [0.5, 0.6) is 17.2 Å². The number of hydrogen-bond donors (Lipinski definition) is 1. The average molecular weight is 474 g/mol.